The predicted octanol–water partition coefficient (Wildman–Crippen LogP) is 0.209. The van der Waals surface area contributed by atoms with Gasteiger partial charge in [0.25, 0.3) is 0 Å². The van der Waals surface area contributed by atoms with Gasteiger partial charge in [-0.05, 0) is 18.9 Å². The van der Waals surface area contributed by atoms with Crippen molar-refractivity contribution in [2.24, 2.45) is 11.5 Å². The molecule has 0 aliphatic rings. The van der Waals surface area contributed by atoms with Crippen LogP contribution in [0.2, 0.25) is 0 Å². The molecule has 0 saturated carbocycles. The third-order valence-electron chi connectivity index (χ3n) is 2.82. The van der Waals surface area contributed by atoms with Crippen molar-refractivity contribution in [3.63, 3.8) is 0 Å². The first-order valence-corrected chi connectivity index (χ1v) is 7.03. The Bertz CT molecular complexity index is 561. The monoisotopic (exact) mass is 299 g/mol. The van der Waals surface area contributed by atoms with Crippen molar-refractivity contribution < 1.29 is 18.0 Å². The summed E-state index contributed by atoms with van der Waals surface area (Å²) in [5.74, 6) is -0.576. The lowest BCUT2D eigenvalue weighted by molar-refractivity contribution is -0.118. The number of hydrogen-bond acceptors (Lipinski definition) is 4. The molecular formula is C12H17N3O4S. The van der Waals surface area contributed by atoms with Crippen LogP contribution in [0.1, 0.15) is 30.0 Å². The van der Waals surface area contributed by atoms with Crippen LogP contribution < -0.4 is 11.5 Å². The SMILES string of the molecule is Cc1ccc(C(CCC(N)=O)N(C(N)=O)[SH](=O)=O)cc1. The highest BCUT2D eigenvalue weighted by Crippen LogP contribution is 2.26. The third-order valence-corrected chi connectivity index (χ3v) is 3.65. The smallest absolute Gasteiger partial charge is 0.328 e. The Labute approximate surface area is 118 Å². The number of thiol groups is 1. The molecular weight excluding hydrogens is 282 g/mol. The van der Waals surface area contributed by atoms with E-state index in [1.807, 2.05) is 6.92 Å². The zero-order valence-corrected chi connectivity index (χ0v) is 11.9. The molecule has 0 radical (unpaired) electrons. The van der Waals surface area contributed by atoms with E-state index in [4.69, 9.17) is 11.5 Å². The molecule has 20 heavy (non-hydrogen) atoms. The minimum Gasteiger partial charge on any atom is -0.370 e. The summed E-state index contributed by atoms with van der Waals surface area (Å²) in [5.41, 5.74) is 11.7. The van der Waals surface area contributed by atoms with Crippen LogP contribution in [0, 0.1) is 6.92 Å². The number of benzene rings is 1. The number of aryl methyl sites for hydroxylation is 1. The molecule has 0 fully saturated rings. The number of carbonyl (C=O) groups excluding carboxylic acids is 2. The van der Waals surface area contributed by atoms with Crippen LogP contribution in [0.3, 0.4) is 0 Å². The number of carbonyl (C=O) groups is 2. The van der Waals surface area contributed by atoms with Crippen LogP contribution in [-0.4, -0.2) is 24.7 Å². The fraction of sp³-hybridized carbons (Fsp3) is 0.333. The summed E-state index contributed by atoms with van der Waals surface area (Å²) in [7, 11) is -3.20. The van der Waals surface area contributed by atoms with E-state index in [1.54, 1.807) is 24.3 Å². The lowest BCUT2D eigenvalue weighted by Crippen LogP contribution is -2.38. The van der Waals surface area contributed by atoms with Gasteiger partial charge < -0.3 is 11.5 Å². The molecule has 1 atom stereocenters. The maximum atomic E-state index is 11.3. The number of nitrogens with zero attached hydrogens (tertiary/aromatic N) is 1. The quantitative estimate of drug-likeness (QED) is 0.649. The number of rotatable bonds is 6. The normalized spacial score (nSPS) is 12.1. The van der Waals surface area contributed by atoms with Crippen LogP contribution >= 0.6 is 0 Å². The summed E-state index contributed by atoms with van der Waals surface area (Å²) in [6.45, 7) is 1.88. The second-order valence-electron chi connectivity index (χ2n) is 4.35. The van der Waals surface area contributed by atoms with E-state index in [-0.39, 0.29) is 12.8 Å². The molecule has 0 aromatic heterocycles. The maximum Gasteiger partial charge on any atom is 0.328 e. The fourth-order valence-corrected chi connectivity index (χ4v) is 2.48. The maximum absolute atomic E-state index is 11.3. The van der Waals surface area contributed by atoms with E-state index in [0.717, 1.165) is 5.56 Å². The Hall–Kier alpha value is -2.09. The van der Waals surface area contributed by atoms with Crippen molar-refractivity contribution in [3.05, 3.63) is 35.4 Å². The summed E-state index contributed by atoms with van der Waals surface area (Å²) in [5, 5.41) is 0. The molecule has 0 aliphatic heterocycles. The van der Waals surface area contributed by atoms with Crippen molar-refractivity contribution in [1.29, 1.82) is 0 Å². The molecule has 0 bridgehead atoms. The van der Waals surface area contributed by atoms with Crippen LogP contribution in [-0.2, 0) is 15.7 Å². The molecule has 3 amide bonds. The lowest BCUT2D eigenvalue weighted by atomic mass is 10.0. The number of primary amides is 2. The molecule has 0 heterocycles. The van der Waals surface area contributed by atoms with Gasteiger partial charge in [0.05, 0.1) is 6.04 Å². The van der Waals surface area contributed by atoms with Gasteiger partial charge in [-0.15, -0.1) is 0 Å². The molecule has 1 aromatic carbocycles. The molecule has 8 heteroatoms. The van der Waals surface area contributed by atoms with Crippen LogP contribution in [0.25, 0.3) is 0 Å². The Morgan fingerprint density at radius 2 is 1.75 bits per heavy atom. The van der Waals surface area contributed by atoms with E-state index >= 15 is 0 Å². The van der Waals surface area contributed by atoms with Crippen molar-refractivity contribution >= 4 is 22.8 Å². The molecule has 0 aliphatic carbocycles. The number of hydrogen-bond donors (Lipinski definition) is 3. The first-order chi connectivity index (χ1) is 9.32. The first-order valence-electron chi connectivity index (χ1n) is 5.90. The molecule has 1 rings (SSSR count). The molecule has 1 unspecified atom stereocenters. The number of amides is 3. The van der Waals surface area contributed by atoms with E-state index in [0.29, 0.717) is 9.87 Å². The lowest BCUT2D eigenvalue weighted by Gasteiger charge is -2.25. The summed E-state index contributed by atoms with van der Waals surface area (Å²) < 4.78 is 23.0. The molecule has 0 saturated heterocycles. The van der Waals surface area contributed by atoms with Gasteiger partial charge in [0.1, 0.15) is 0 Å². The second-order valence-corrected chi connectivity index (χ2v) is 5.26. The zero-order valence-electron chi connectivity index (χ0n) is 11.0. The highest BCUT2D eigenvalue weighted by molar-refractivity contribution is 7.70. The minimum absolute atomic E-state index is 0.0501. The molecule has 0 spiro atoms. The van der Waals surface area contributed by atoms with Crippen LogP contribution in [0.15, 0.2) is 24.3 Å². The summed E-state index contributed by atoms with van der Waals surface area (Å²) in [6, 6.07) is 5.02. The number of nitrogens with two attached hydrogens (primary N) is 2. The average molecular weight is 299 g/mol. The van der Waals surface area contributed by atoms with E-state index in [9.17, 15) is 18.0 Å². The van der Waals surface area contributed by atoms with Gasteiger partial charge in [0.2, 0.25) is 16.8 Å². The van der Waals surface area contributed by atoms with Gasteiger partial charge in [0, 0.05) is 6.42 Å². The topological polar surface area (TPSA) is 124 Å². The van der Waals surface area contributed by atoms with Gasteiger partial charge in [-0.1, -0.05) is 29.8 Å². The largest absolute Gasteiger partial charge is 0.370 e. The highest BCUT2D eigenvalue weighted by Gasteiger charge is 2.26. The molecule has 7 nitrogen and oxygen atoms in total. The van der Waals surface area contributed by atoms with Crippen molar-refractivity contribution in [1.82, 2.24) is 4.31 Å². The fourth-order valence-electron chi connectivity index (χ4n) is 1.85. The highest BCUT2D eigenvalue weighted by atomic mass is 32.2. The molecule has 1 aromatic rings. The summed E-state index contributed by atoms with van der Waals surface area (Å²) in [6.07, 6.45) is 0.0378. The zero-order chi connectivity index (χ0) is 15.3. The van der Waals surface area contributed by atoms with Crippen molar-refractivity contribution in [3.8, 4) is 0 Å². The Morgan fingerprint density at radius 3 is 2.15 bits per heavy atom. The van der Waals surface area contributed by atoms with Crippen LogP contribution in [0.4, 0.5) is 4.79 Å². The Kier molecular flexibility index (Phi) is 5.51. The summed E-state index contributed by atoms with van der Waals surface area (Å²) in [4.78, 5) is 22.2. The van der Waals surface area contributed by atoms with E-state index < -0.39 is 28.9 Å². The standard InChI is InChI=1S/C12H17N3O4S/c1-8-2-4-9(5-3-8)10(6-7-11(13)16)15(12(14)17)20(18)19/h2-5,10,20H,6-7H2,1H3,(H2,13,16)(H2,14,17). The second kappa shape index (κ2) is 6.90. The van der Waals surface area contributed by atoms with E-state index in [1.165, 1.54) is 0 Å². The van der Waals surface area contributed by atoms with Gasteiger partial charge in [-0.2, -0.15) is 0 Å². The van der Waals surface area contributed by atoms with Gasteiger partial charge >= 0.3 is 6.03 Å². The van der Waals surface area contributed by atoms with Gasteiger partial charge in [-0.3, -0.25) is 4.79 Å². The average Bonchev–Trinajstić information content (AvgIpc) is 2.34. The van der Waals surface area contributed by atoms with Crippen LogP contribution in [0.5, 0.6) is 0 Å². The van der Waals surface area contributed by atoms with Gasteiger partial charge in [0.15, 0.2) is 0 Å². The first kappa shape index (κ1) is 16.0. The predicted molar refractivity (Wildman–Crippen MR) is 74.1 cm³/mol. The number of urea groups is 1. The van der Waals surface area contributed by atoms with Crippen molar-refractivity contribution in [2.75, 3.05) is 0 Å². The van der Waals surface area contributed by atoms with E-state index in [2.05, 4.69) is 0 Å². The molecule has 110 valence electrons. The van der Waals surface area contributed by atoms with Gasteiger partial charge in [-0.25, -0.2) is 17.5 Å². The third kappa shape index (κ3) is 4.23. The Morgan fingerprint density at radius 1 is 1.20 bits per heavy atom. The Balaban J connectivity index is 3.15. The summed E-state index contributed by atoms with van der Waals surface area (Å²) >= 11 is 0. The minimum atomic E-state index is -3.20. The van der Waals surface area contributed by atoms with Crippen molar-refractivity contribution in [2.45, 2.75) is 25.8 Å². The molecule has 4 N–H and O–H groups in total.